The molecule has 0 saturated heterocycles. The fraction of sp³-hybridized carbons (Fsp3) is 0.125. The molecule has 0 saturated carbocycles. The zero-order valence-corrected chi connectivity index (χ0v) is 12.9. The number of hydrogen-bond donors (Lipinski definition) is 2. The lowest BCUT2D eigenvalue weighted by Gasteiger charge is -2.07. The fourth-order valence-electron chi connectivity index (χ4n) is 1.75. The molecule has 108 valence electrons. The maximum Gasteiger partial charge on any atom is 0.251 e. The highest BCUT2D eigenvalue weighted by molar-refractivity contribution is 9.10. The average molecular weight is 347 g/mol. The minimum absolute atomic E-state index is 0.0435. The Morgan fingerprint density at radius 3 is 2.43 bits per heavy atom. The van der Waals surface area contributed by atoms with Gasteiger partial charge in [0.1, 0.15) is 0 Å². The molecule has 2 aromatic carbocycles. The summed E-state index contributed by atoms with van der Waals surface area (Å²) in [4.78, 5) is 23.5. The summed E-state index contributed by atoms with van der Waals surface area (Å²) in [7, 11) is 0. The van der Waals surface area contributed by atoms with Crippen molar-refractivity contribution in [1.29, 1.82) is 0 Å². The maximum atomic E-state index is 11.9. The van der Waals surface area contributed by atoms with Crippen molar-refractivity contribution in [2.24, 2.45) is 0 Å². The molecule has 2 aromatic rings. The van der Waals surface area contributed by atoms with Gasteiger partial charge < -0.3 is 10.6 Å². The molecule has 2 N–H and O–H groups in total. The summed E-state index contributed by atoms with van der Waals surface area (Å²) in [5.74, 6) is -0.492. The van der Waals surface area contributed by atoms with Crippen LogP contribution >= 0.6 is 15.9 Å². The molecule has 0 aliphatic heterocycles. The molecule has 0 bridgehead atoms. The Kier molecular flexibility index (Phi) is 5.51. The van der Waals surface area contributed by atoms with Crippen LogP contribution in [0.4, 0.5) is 0 Å². The molecule has 21 heavy (non-hydrogen) atoms. The molecule has 0 heterocycles. The van der Waals surface area contributed by atoms with Crippen LogP contribution in [0, 0.1) is 0 Å². The van der Waals surface area contributed by atoms with Gasteiger partial charge in [0.25, 0.3) is 5.91 Å². The predicted octanol–water partition coefficient (Wildman–Crippen LogP) is 2.50. The summed E-state index contributed by atoms with van der Waals surface area (Å²) in [6.45, 7) is 0.407. The molecule has 0 atom stereocenters. The number of halogens is 1. The molecule has 0 aliphatic rings. The van der Waals surface area contributed by atoms with Crippen LogP contribution in [0.3, 0.4) is 0 Å². The molecular weight excluding hydrogens is 332 g/mol. The number of rotatable bonds is 5. The van der Waals surface area contributed by atoms with Crippen LogP contribution in [-0.4, -0.2) is 18.4 Å². The summed E-state index contributed by atoms with van der Waals surface area (Å²) >= 11 is 3.30. The Hall–Kier alpha value is -2.14. The molecule has 0 spiro atoms. The lowest BCUT2D eigenvalue weighted by molar-refractivity contribution is -0.120. The first-order valence-electron chi connectivity index (χ1n) is 6.49. The number of carbonyl (C=O) groups is 2. The summed E-state index contributed by atoms with van der Waals surface area (Å²) in [6.07, 6.45) is 0. The van der Waals surface area contributed by atoms with Crippen molar-refractivity contribution in [3.63, 3.8) is 0 Å². The second-order valence-corrected chi connectivity index (χ2v) is 5.37. The first-order valence-corrected chi connectivity index (χ1v) is 7.29. The van der Waals surface area contributed by atoms with Crippen molar-refractivity contribution in [2.75, 3.05) is 6.54 Å². The lowest BCUT2D eigenvalue weighted by atomic mass is 10.2. The number of nitrogens with one attached hydrogen (secondary N) is 2. The standard InChI is InChI=1S/C16H15BrN2O2/c17-14-8-4-7-13(9-14)16(21)19-11-15(20)18-10-12-5-2-1-3-6-12/h1-9H,10-11H2,(H,18,20)(H,19,21). The summed E-state index contributed by atoms with van der Waals surface area (Å²) in [6, 6.07) is 16.6. The van der Waals surface area contributed by atoms with Crippen LogP contribution in [0.25, 0.3) is 0 Å². The van der Waals surface area contributed by atoms with E-state index >= 15 is 0 Å². The van der Waals surface area contributed by atoms with Gasteiger partial charge in [-0.25, -0.2) is 0 Å². The van der Waals surface area contributed by atoms with Gasteiger partial charge in [-0.05, 0) is 23.8 Å². The van der Waals surface area contributed by atoms with Crippen LogP contribution in [-0.2, 0) is 11.3 Å². The van der Waals surface area contributed by atoms with Crippen LogP contribution in [0.15, 0.2) is 59.1 Å². The average Bonchev–Trinajstić information content (AvgIpc) is 2.51. The largest absolute Gasteiger partial charge is 0.350 e. The second-order valence-electron chi connectivity index (χ2n) is 4.46. The zero-order chi connectivity index (χ0) is 15.1. The van der Waals surface area contributed by atoms with Gasteiger partial charge in [0, 0.05) is 16.6 Å². The van der Waals surface area contributed by atoms with Crippen molar-refractivity contribution in [2.45, 2.75) is 6.54 Å². The van der Waals surface area contributed by atoms with E-state index in [2.05, 4.69) is 26.6 Å². The van der Waals surface area contributed by atoms with E-state index in [1.807, 2.05) is 36.4 Å². The molecule has 0 fully saturated rings. The van der Waals surface area contributed by atoms with Gasteiger partial charge in [-0.1, -0.05) is 52.3 Å². The monoisotopic (exact) mass is 346 g/mol. The van der Waals surface area contributed by atoms with Crippen molar-refractivity contribution in [3.8, 4) is 0 Å². The quantitative estimate of drug-likeness (QED) is 0.873. The summed E-state index contributed by atoms with van der Waals surface area (Å²) in [5, 5.41) is 5.34. The Morgan fingerprint density at radius 1 is 0.952 bits per heavy atom. The molecule has 0 aromatic heterocycles. The molecule has 0 radical (unpaired) electrons. The molecule has 0 aliphatic carbocycles. The Bertz CT molecular complexity index is 629. The van der Waals surface area contributed by atoms with E-state index in [1.54, 1.807) is 18.2 Å². The maximum absolute atomic E-state index is 11.9. The Morgan fingerprint density at radius 2 is 1.71 bits per heavy atom. The minimum atomic E-state index is -0.272. The molecule has 0 unspecified atom stereocenters. The van der Waals surface area contributed by atoms with E-state index in [9.17, 15) is 9.59 Å². The van der Waals surface area contributed by atoms with Gasteiger partial charge in [0.2, 0.25) is 5.91 Å². The highest BCUT2D eigenvalue weighted by atomic mass is 79.9. The van der Waals surface area contributed by atoms with Crippen LogP contribution in [0.5, 0.6) is 0 Å². The van der Waals surface area contributed by atoms with Crippen LogP contribution < -0.4 is 10.6 Å². The minimum Gasteiger partial charge on any atom is -0.350 e. The van der Waals surface area contributed by atoms with Crippen molar-refractivity contribution < 1.29 is 9.59 Å². The van der Waals surface area contributed by atoms with Crippen molar-refractivity contribution in [1.82, 2.24) is 10.6 Å². The van der Waals surface area contributed by atoms with Crippen LogP contribution in [0.1, 0.15) is 15.9 Å². The highest BCUT2D eigenvalue weighted by Gasteiger charge is 2.08. The molecule has 4 nitrogen and oxygen atoms in total. The van der Waals surface area contributed by atoms with Crippen molar-refractivity contribution >= 4 is 27.7 Å². The topological polar surface area (TPSA) is 58.2 Å². The SMILES string of the molecule is O=C(CNC(=O)c1cccc(Br)c1)NCc1ccccc1. The van der Waals surface area contributed by atoms with E-state index in [0.29, 0.717) is 12.1 Å². The third kappa shape index (κ3) is 5.04. The summed E-state index contributed by atoms with van der Waals surface area (Å²) < 4.78 is 0.823. The van der Waals surface area contributed by atoms with Crippen molar-refractivity contribution in [3.05, 3.63) is 70.2 Å². The lowest BCUT2D eigenvalue weighted by Crippen LogP contribution is -2.36. The Balaban J connectivity index is 1.77. The first-order chi connectivity index (χ1) is 10.1. The van der Waals surface area contributed by atoms with E-state index in [4.69, 9.17) is 0 Å². The van der Waals surface area contributed by atoms with Gasteiger partial charge in [-0.15, -0.1) is 0 Å². The second kappa shape index (κ2) is 7.59. The number of carbonyl (C=O) groups excluding carboxylic acids is 2. The normalized spacial score (nSPS) is 9.95. The number of hydrogen-bond acceptors (Lipinski definition) is 2. The molecule has 5 heteroatoms. The number of benzene rings is 2. The first kappa shape index (κ1) is 15.3. The molecule has 2 rings (SSSR count). The molecule has 2 amide bonds. The van der Waals surface area contributed by atoms with Gasteiger partial charge in [0.15, 0.2) is 0 Å². The Labute approximate surface area is 131 Å². The zero-order valence-electron chi connectivity index (χ0n) is 11.3. The third-order valence-corrected chi connectivity index (χ3v) is 3.32. The highest BCUT2D eigenvalue weighted by Crippen LogP contribution is 2.11. The van der Waals surface area contributed by atoms with Gasteiger partial charge in [-0.2, -0.15) is 0 Å². The van der Waals surface area contributed by atoms with E-state index in [1.165, 1.54) is 0 Å². The third-order valence-electron chi connectivity index (χ3n) is 2.83. The smallest absolute Gasteiger partial charge is 0.251 e. The van der Waals surface area contributed by atoms with E-state index < -0.39 is 0 Å². The fourth-order valence-corrected chi connectivity index (χ4v) is 2.15. The predicted molar refractivity (Wildman–Crippen MR) is 84.8 cm³/mol. The van der Waals surface area contributed by atoms with Crippen LogP contribution in [0.2, 0.25) is 0 Å². The van der Waals surface area contributed by atoms with Gasteiger partial charge in [-0.3, -0.25) is 9.59 Å². The van der Waals surface area contributed by atoms with E-state index in [0.717, 1.165) is 10.0 Å². The molecular formula is C16H15BrN2O2. The van der Waals surface area contributed by atoms with E-state index in [-0.39, 0.29) is 18.4 Å². The number of amides is 2. The van der Waals surface area contributed by atoms with Gasteiger partial charge in [0.05, 0.1) is 6.54 Å². The summed E-state index contributed by atoms with van der Waals surface area (Å²) in [5.41, 5.74) is 1.53. The van der Waals surface area contributed by atoms with Gasteiger partial charge >= 0.3 is 0 Å².